The van der Waals surface area contributed by atoms with E-state index in [2.05, 4.69) is 13.2 Å². The van der Waals surface area contributed by atoms with E-state index in [1.54, 1.807) is 12.2 Å². The van der Waals surface area contributed by atoms with Crippen LogP contribution in [0.15, 0.2) is 37.5 Å². The topological polar surface area (TPSA) is 0 Å². The van der Waals surface area contributed by atoms with E-state index in [1.807, 2.05) is 39.8 Å². The van der Waals surface area contributed by atoms with Gasteiger partial charge < -0.3 is 0 Å². The Hall–Kier alpha value is -0.780. The van der Waals surface area contributed by atoms with Crippen molar-refractivity contribution < 1.29 is 0 Å². The first-order valence-corrected chi connectivity index (χ1v) is 3.64. The fourth-order valence-corrected chi connectivity index (χ4v) is 0.136. The fraction of sp³-hybridized carbons (Fsp3) is 0.400. The molecule has 0 aromatic carbocycles. The van der Waals surface area contributed by atoms with Gasteiger partial charge in [-0.3, -0.25) is 0 Å². The van der Waals surface area contributed by atoms with Crippen LogP contribution in [0.4, 0.5) is 0 Å². The van der Waals surface area contributed by atoms with Gasteiger partial charge in [0.05, 0.1) is 0 Å². The molecule has 0 atom stereocenters. The molecule has 0 aromatic heterocycles. The first kappa shape index (κ1) is 16.1. The maximum Gasteiger partial charge on any atom is -0.0467 e. The van der Waals surface area contributed by atoms with Crippen LogP contribution in [-0.4, -0.2) is 0 Å². The first-order chi connectivity index (χ1) is 4.83. The minimum absolute atomic E-state index is 1.75. The smallest absolute Gasteiger partial charge is 0.0467 e. The van der Waals surface area contributed by atoms with Crippen molar-refractivity contribution in [3.05, 3.63) is 37.5 Å². The SMILES string of the molecule is C=C/C=C/C.C=CC.CC. The van der Waals surface area contributed by atoms with Crippen LogP contribution in [0.2, 0.25) is 0 Å². The molecule has 60 valence electrons. The zero-order valence-corrected chi connectivity index (χ0v) is 7.72. The van der Waals surface area contributed by atoms with E-state index in [0.717, 1.165) is 0 Å². The van der Waals surface area contributed by atoms with Crippen molar-refractivity contribution in [3.8, 4) is 0 Å². The molecule has 0 saturated carbocycles. The van der Waals surface area contributed by atoms with Gasteiger partial charge in [-0.15, -0.1) is 6.58 Å². The molecule has 10 heavy (non-hydrogen) atoms. The second-order valence-corrected chi connectivity index (χ2v) is 1.17. The predicted octanol–water partition coefficient (Wildman–Crippen LogP) is 3.97. The molecule has 0 heterocycles. The standard InChI is InChI=1S/C5H8.C3H6.C2H6/c1-3-5-4-2;1-3-2;1-2/h3-5H,1H2,2H3;3H,1H2,2H3;1-2H3/b5-4+;;. The molecular formula is C10H20. The summed E-state index contributed by atoms with van der Waals surface area (Å²) in [5.41, 5.74) is 0. The van der Waals surface area contributed by atoms with Gasteiger partial charge in [0.1, 0.15) is 0 Å². The van der Waals surface area contributed by atoms with Crippen molar-refractivity contribution in [2.24, 2.45) is 0 Å². The molecule has 0 spiro atoms. The van der Waals surface area contributed by atoms with Crippen molar-refractivity contribution in [3.63, 3.8) is 0 Å². The lowest BCUT2D eigenvalue weighted by Crippen LogP contribution is -1.33. The molecule has 0 aliphatic heterocycles. The Labute approximate surface area is 66.0 Å². The summed E-state index contributed by atoms with van der Waals surface area (Å²) >= 11 is 0. The molecule has 0 radical (unpaired) electrons. The highest BCUT2D eigenvalue weighted by atomic mass is 13.5. The van der Waals surface area contributed by atoms with Crippen LogP contribution >= 0.6 is 0 Å². The van der Waals surface area contributed by atoms with Gasteiger partial charge in [0.2, 0.25) is 0 Å². The molecule has 0 aliphatic carbocycles. The molecule has 0 bridgehead atoms. The lowest BCUT2D eigenvalue weighted by molar-refractivity contribution is 1.50. The quantitative estimate of drug-likeness (QED) is 0.382. The Morgan fingerprint density at radius 3 is 1.30 bits per heavy atom. The summed E-state index contributed by atoms with van der Waals surface area (Å²) in [4.78, 5) is 0. The Kier molecular flexibility index (Phi) is 66.5. The van der Waals surface area contributed by atoms with Crippen molar-refractivity contribution in [2.75, 3.05) is 0 Å². The van der Waals surface area contributed by atoms with E-state index in [0.29, 0.717) is 0 Å². The van der Waals surface area contributed by atoms with Crippen LogP contribution in [0.1, 0.15) is 27.7 Å². The first-order valence-electron chi connectivity index (χ1n) is 3.64. The second kappa shape index (κ2) is 41.3. The third-order valence-electron chi connectivity index (χ3n) is 0.329. The minimum Gasteiger partial charge on any atom is -0.103 e. The monoisotopic (exact) mass is 140 g/mol. The third kappa shape index (κ3) is 188. The highest BCUT2D eigenvalue weighted by Crippen LogP contribution is 1.64. The summed E-state index contributed by atoms with van der Waals surface area (Å²) in [6.45, 7) is 14.7. The Balaban J connectivity index is -0.0000000847. The molecule has 0 unspecified atom stereocenters. The number of hydrogen-bond donors (Lipinski definition) is 0. The highest BCUT2D eigenvalue weighted by molar-refractivity contribution is 4.94. The van der Waals surface area contributed by atoms with Gasteiger partial charge in [0, 0.05) is 0 Å². The molecule has 0 saturated heterocycles. The lowest BCUT2D eigenvalue weighted by Gasteiger charge is -1.56. The van der Waals surface area contributed by atoms with Crippen LogP contribution in [-0.2, 0) is 0 Å². The van der Waals surface area contributed by atoms with Gasteiger partial charge in [-0.05, 0) is 13.8 Å². The fourth-order valence-electron chi connectivity index (χ4n) is 0.136. The van der Waals surface area contributed by atoms with E-state index in [9.17, 15) is 0 Å². The maximum absolute atomic E-state index is 3.46. The summed E-state index contributed by atoms with van der Waals surface area (Å²) in [5.74, 6) is 0. The summed E-state index contributed by atoms with van der Waals surface area (Å²) in [6.07, 6.45) is 7.33. The van der Waals surface area contributed by atoms with E-state index in [-0.39, 0.29) is 0 Å². The van der Waals surface area contributed by atoms with Crippen LogP contribution in [0, 0.1) is 0 Å². The third-order valence-corrected chi connectivity index (χ3v) is 0.329. The van der Waals surface area contributed by atoms with Gasteiger partial charge >= 0.3 is 0 Å². The molecule has 0 fully saturated rings. The van der Waals surface area contributed by atoms with E-state index in [1.165, 1.54) is 0 Å². The van der Waals surface area contributed by atoms with Crippen molar-refractivity contribution in [1.29, 1.82) is 0 Å². The molecule has 0 aliphatic rings. The average Bonchev–Trinajstić information content (AvgIpc) is 1.96. The van der Waals surface area contributed by atoms with Crippen LogP contribution in [0.25, 0.3) is 0 Å². The number of rotatable bonds is 1. The van der Waals surface area contributed by atoms with Crippen molar-refractivity contribution in [1.82, 2.24) is 0 Å². The maximum atomic E-state index is 3.46. The molecular weight excluding hydrogens is 120 g/mol. The number of allylic oxidation sites excluding steroid dienone is 4. The summed E-state index contributed by atoms with van der Waals surface area (Å²) in [5, 5.41) is 0. The highest BCUT2D eigenvalue weighted by Gasteiger charge is 1.42. The molecule has 0 N–H and O–H groups in total. The largest absolute Gasteiger partial charge is 0.103 e. The lowest BCUT2D eigenvalue weighted by atomic mass is 10.5. The van der Waals surface area contributed by atoms with E-state index >= 15 is 0 Å². The Bertz CT molecular complexity index is 68.1. The Morgan fingerprint density at radius 1 is 1.00 bits per heavy atom. The molecule has 0 aromatic rings. The normalized spacial score (nSPS) is 6.40. The van der Waals surface area contributed by atoms with E-state index in [4.69, 9.17) is 0 Å². The minimum atomic E-state index is 1.75. The molecule has 0 nitrogen and oxygen atoms in total. The second-order valence-electron chi connectivity index (χ2n) is 1.17. The zero-order chi connectivity index (χ0) is 8.83. The number of hydrogen-bond acceptors (Lipinski definition) is 0. The zero-order valence-electron chi connectivity index (χ0n) is 7.72. The van der Waals surface area contributed by atoms with Crippen molar-refractivity contribution in [2.45, 2.75) is 27.7 Å². The summed E-state index contributed by atoms with van der Waals surface area (Å²) in [6, 6.07) is 0. The molecule has 0 heteroatoms. The van der Waals surface area contributed by atoms with Gasteiger partial charge in [0.25, 0.3) is 0 Å². The van der Waals surface area contributed by atoms with Crippen LogP contribution < -0.4 is 0 Å². The van der Waals surface area contributed by atoms with Gasteiger partial charge in [-0.25, -0.2) is 0 Å². The molecule has 0 amide bonds. The van der Waals surface area contributed by atoms with Crippen molar-refractivity contribution >= 4 is 0 Å². The van der Waals surface area contributed by atoms with Gasteiger partial charge in [-0.1, -0.05) is 44.7 Å². The predicted molar refractivity (Wildman–Crippen MR) is 52.2 cm³/mol. The average molecular weight is 140 g/mol. The Morgan fingerprint density at radius 2 is 1.30 bits per heavy atom. The van der Waals surface area contributed by atoms with Gasteiger partial charge in [0.15, 0.2) is 0 Å². The van der Waals surface area contributed by atoms with Crippen LogP contribution in [0.3, 0.4) is 0 Å². The van der Waals surface area contributed by atoms with E-state index < -0.39 is 0 Å². The summed E-state index contributed by atoms with van der Waals surface area (Å²) in [7, 11) is 0. The van der Waals surface area contributed by atoms with Crippen LogP contribution in [0.5, 0.6) is 0 Å². The van der Waals surface area contributed by atoms with Gasteiger partial charge in [-0.2, -0.15) is 0 Å². The summed E-state index contributed by atoms with van der Waals surface area (Å²) < 4.78 is 0. The molecule has 0 rings (SSSR count).